The molecule has 0 amide bonds. The Morgan fingerprint density at radius 3 is 2.93 bits per heavy atom. The summed E-state index contributed by atoms with van der Waals surface area (Å²) in [6.45, 7) is 0.739. The molecule has 0 bridgehead atoms. The van der Waals surface area contributed by atoms with Gasteiger partial charge in [0.05, 0.1) is 4.92 Å². The van der Waals surface area contributed by atoms with Gasteiger partial charge in [-0.25, -0.2) is 0 Å². The number of nitro groups is 1. The molecule has 0 saturated carbocycles. The maximum absolute atomic E-state index is 10.8. The van der Waals surface area contributed by atoms with Crippen LogP contribution in [0.25, 0.3) is 0 Å². The van der Waals surface area contributed by atoms with Gasteiger partial charge in [-0.2, -0.15) is 11.8 Å². The first-order chi connectivity index (χ1) is 7.15. The topological polar surface area (TPSA) is 55.2 Å². The van der Waals surface area contributed by atoms with Gasteiger partial charge in [-0.15, -0.1) is 0 Å². The van der Waals surface area contributed by atoms with Crippen LogP contribution in [0.15, 0.2) is 18.2 Å². The van der Waals surface area contributed by atoms with E-state index in [9.17, 15) is 10.1 Å². The molecule has 0 fully saturated rings. The summed E-state index contributed by atoms with van der Waals surface area (Å²) in [6.07, 6.45) is 2.00. The summed E-state index contributed by atoms with van der Waals surface area (Å²) in [5, 5.41) is 13.8. The Bertz CT molecular complexity index is 360. The number of nitro benzene ring substituents is 1. The Hall–Kier alpha value is -0.500. The second kappa shape index (κ2) is 6.16. The third-order valence-corrected chi connectivity index (χ3v) is 3.06. The lowest BCUT2D eigenvalue weighted by molar-refractivity contribution is -0.384. The highest BCUT2D eigenvalue weighted by Gasteiger charge is 2.13. The Morgan fingerprint density at radius 1 is 1.60 bits per heavy atom. The van der Waals surface area contributed by atoms with Crippen molar-refractivity contribution in [2.75, 3.05) is 23.9 Å². The molecule has 15 heavy (non-hydrogen) atoms. The highest BCUT2D eigenvalue weighted by molar-refractivity contribution is 14.1. The lowest BCUT2D eigenvalue weighted by atomic mass is 10.2. The van der Waals surface area contributed by atoms with E-state index in [1.165, 1.54) is 0 Å². The molecule has 0 saturated heterocycles. The molecule has 6 heteroatoms. The van der Waals surface area contributed by atoms with Crippen LogP contribution in [-0.4, -0.2) is 23.5 Å². The van der Waals surface area contributed by atoms with Gasteiger partial charge in [0.1, 0.15) is 5.69 Å². The Morgan fingerprint density at radius 2 is 2.33 bits per heavy atom. The number of rotatable bonds is 5. The molecule has 0 aromatic heterocycles. The molecule has 1 aromatic rings. The first-order valence-corrected chi connectivity index (χ1v) is 6.79. The molecule has 4 nitrogen and oxygen atoms in total. The van der Waals surface area contributed by atoms with Gasteiger partial charge in [-0.3, -0.25) is 10.1 Å². The standard InChI is InChI=1S/C9H11IN2O2S/c1-15-5-4-11-8-3-2-7(10)6-9(8)12(13)14/h2-3,6,11H,4-5H2,1H3. The fourth-order valence-electron chi connectivity index (χ4n) is 1.09. The summed E-state index contributed by atoms with van der Waals surface area (Å²) >= 11 is 3.77. The van der Waals surface area contributed by atoms with Crippen molar-refractivity contribution in [1.29, 1.82) is 0 Å². The molecule has 0 heterocycles. The van der Waals surface area contributed by atoms with E-state index in [2.05, 4.69) is 27.9 Å². The summed E-state index contributed by atoms with van der Waals surface area (Å²) in [4.78, 5) is 10.4. The Balaban J connectivity index is 2.81. The third-order valence-electron chi connectivity index (χ3n) is 1.78. The Kier molecular flexibility index (Phi) is 5.16. The number of halogens is 1. The lowest BCUT2D eigenvalue weighted by Gasteiger charge is -2.06. The van der Waals surface area contributed by atoms with Crippen LogP contribution in [0.3, 0.4) is 0 Å². The van der Waals surface area contributed by atoms with Crippen molar-refractivity contribution < 1.29 is 4.92 Å². The summed E-state index contributed by atoms with van der Waals surface area (Å²) < 4.78 is 0.870. The van der Waals surface area contributed by atoms with Crippen molar-refractivity contribution in [3.8, 4) is 0 Å². The highest BCUT2D eigenvalue weighted by Crippen LogP contribution is 2.26. The molecule has 1 aromatic carbocycles. The summed E-state index contributed by atoms with van der Waals surface area (Å²) in [5.74, 6) is 0.934. The molecular weight excluding hydrogens is 327 g/mol. The third kappa shape index (κ3) is 3.86. The van der Waals surface area contributed by atoms with Crippen LogP contribution in [0.1, 0.15) is 0 Å². The van der Waals surface area contributed by atoms with Gasteiger partial charge in [0.15, 0.2) is 0 Å². The van der Waals surface area contributed by atoms with Crippen LogP contribution in [0.2, 0.25) is 0 Å². The first-order valence-electron chi connectivity index (χ1n) is 4.32. The lowest BCUT2D eigenvalue weighted by Crippen LogP contribution is -2.06. The molecule has 0 aliphatic carbocycles. The van der Waals surface area contributed by atoms with Gasteiger partial charge in [0.2, 0.25) is 0 Å². The number of anilines is 1. The molecule has 82 valence electrons. The number of thioether (sulfide) groups is 1. The summed E-state index contributed by atoms with van der Waals surface area (Å²) in [6, 6.07) is 5.18. The number of hydrogen-bond donors (Lipinski definition) is 1. The molecule has 0 radical (unpaired) electrons. The average molecular weight is 338 g/mol. The van der Waals surface area contributed by atoms with Crippen molar-refractivity contribution in [3.05, 3.63) is 31.9 Å². The van der Waals surface area contributed by atoms with E-state index in [0.717, 1.165) is 15.9 Å². The monoisotopic (exact) mass is 338 g/mol. The van der Waals surface area contributed by atoms with Crippen LogP contribution in [0, 0.1) is 13.7 Å². The van der Waals surface area contributed by atoms with Crippen LogP contribution < -0.4 is 5.32 Å². The predicted molar refractivity (Wildman–Crippen MR) is 72.7 cm³/mol. The average Bonchev–Trinajstić information content (AvgIpc) is 2.20. The van der Waals surface area contributed by atoms with E-state index in [1.54, 1.807) is 23.9 Å². The molecule has 0 atom stereocenters. The minimum absolute atomic E-state index is 0.142. The van der Waals surface area contributed by atoms with E-state index >= 15 is 0 Å². The second-order valence-corrected chi connectivity index (χ2v) is 5.07. The molecule has 0 spiro atoms. The van der Waals surface area contributed by atoms with Crippen LogP contribution >= 0.6 is 34.4 Å². The van der Waals surface area contributed by atoms with Gasteiger partial charge in [0.25, 0.3) is 5.69 Å². The second-order valence-electron chi connectivity index (χ2n) is 2.84. The van der Waals surface area contributed by atoms with Gasteiger partial charge in [-0.05, 0) is 41.0 Å². The predicted octanol–water partition coefficient (Wildman–Crippen LogP) is 2.97. The smallest absolute Gasteiger partial charge is 0.293 e. The van der Waals surface area contributed by atoms with Crippen LogP contribution in [-0.2, 0) is 0 Å². The highest BCUT2D eigenvalue weighted by atomic mass is 127. The largest absolute Gasteiger partial charge is 0.379 e. The van der Waals surface area contributed by atoms with E-state index in [0.29, 0.717) is 5.69 Å². The Labute approximate surface area is 106 Å². The number of hydrogen-bond acceptors (Lipinski definition) is 4. The molecular formula is C9H11IN2O2S. The molecule has 1 rings (SSSR count). The van der Waals surface area contributed by atoms with Gasteiger partial charge in [0, 0.05) is 21.9 Å². The molecule has 1 N–H and O–H groups in total. The van der Waals surface area contributed by atoms with E-state index in [1.807, 2.05) is 12.3 Å². The maximum Gasteiger partial charge on any atom is 0.293 e. The number of benzene rings is 1. The molecule has 0 aliphatic rings. The number of nitrogens with zero attached hydrogens (tertiary/aromatic N) is 1. The van der Waals surface area contributed by atoms with Crippen molar-refractivity contribution in [2.24, 2.45) is 0 Å². The van der Waals surface area contributed by atoms with Crippen molar-refractivity contribution in [2.45, 2.75) is 0 Å². The van der Waals surface area contributed by atoms with Crippen molar-refractivity contribution in [3.63, 3.8) is 0 Å². The van der Waals surface area contributed by atoms with E-state index in [4.69, 9.17) is 0 Å². The molecule has 0 aliphatic heterocycles. The fraction of sp³-hybridized carbons (Fsp3) is 0.333. The van der Waals surface area contributed by atoms with Crippen LogP contribution in [0.4, 0.5) is 11.4 Å². The SMILES string of the molecule is CSCCNc1ccc(I)cc1[N+](=O)[O-]. The normalized spacial score (nSPS) is 10.0. The summed E-state index contributed by atoms with van der Waals surface area (Å²) in [5.41, 5.74) is 0.734. The quantitative estimate of drug-likeness (QED) is 0.388. The van der Waals surface area contributed by atoms with Crippen molar-refractivity contribution in [1.82, 2.24) is 0 Å². The zero-order valence-electron chi connectivity index (χ0n) is 8.20. The number of nitrogens with one attached hydrogen (secondary N) is 1. The van der Waals surface area contributed by atoms with Gasteiger partial charge in [-0.1, -0.05) is 0 Å². The fourth-order valence-corrected chi connectivity index (χ4v) is 1.87. The minimum atomic E-state index is -0.358. The minimum Gasteiger partial charge on any atom is -0.379 e. The van der Waals surface area contributed by atoms with Crippen molar-refractivity contribution >= 4 is 45.7 Å². The maximum atomic E-state index is 10.8. The first kappa shape index (κ1) is 12.6. The van der Waals surface area contributed by atoms with Crippen LogP contribution in [0.5, 0.6) is 0 Å². The van der Waals surface area contributed by atoms with E-state index in [-0.39, 0.29) is 10.6 Å². The molecule has 0 unspecified atom stereocenters. The zero-order chi connectivity index (χ0) is 11.3. The zero-order valence-corrected chi connectivity index (χ0v) is 11.2. The summed E-state index contributed by atoms with van der Waals surface area (Å²) in [7, 11) is 0. The van der Waals surface area contributed by atoms with Gasteiger partial charge >= 0.3 is 0 Å². The van der Waals surface area contributed by atoms with Gasteiger partial charge < -0.3 is 5.32 Å². The van der Waals surface area contributed by atoms with E-state index < -0.39 is 0 Å².